The van der Waals surface area contributed by atoms with E-state index in [0.29, 0.717) is 5.02 Å². The number of rotatable bonds is 8. The van der Waals surface area contributed by atoms with Crippen molar-refractivity contribution >= 4 is 33.6 Å². The number of hydrogen-bond acceptors (Lipinski definition) is 7. The highest BCUT2D eigenvalue weighted by Gasteiger charge is 2.21. The molecule has 0 aliphatic carbocycles. The number of halogens is 1. The van der Waals surface area contributed by atoms with Crippen molar-refractivity contribution < 1.29 is 27.5 Å². The minimum absolute atomic E-state index is 0.0477. The van der Waals surface area contributed by atoms with E-state index < -0.39 is 27.5 Å². The van der Waals surface area contributed by atoms with Crippen molar-refractivity contribution in [3.8, 4) is 0 Å². The van der Waals surface area contributed by atoms with Gasteiger partial charge in [-0.2, -0.15) is 0 Å². The normalized spacial score (nSPS) is 10.6. The second-order valence-corrected chi connectivity index (χ2v) is 6.32. The maximum atomic E-state index is 12.0. The monoisotopic (exact) mass is 376 g/mol. The number of ether oxygens (including phenoxy) is 2. The van der Waals surface area contributed by atoms with Crippen molar-refractivity contribution in [2.24, 2.45) is 0 Å². The standard InChI is InChI=1S/C14H17ClN2O6S/c1-3-22-13(18)12(14(19)23-4-2)9-16-17-24(20,21)11-7-5-10(15)6-8-11/h5-9,16-17H,3-4H2,1-2H3. The van der Waals surface area contributed by atoms with Gasteiger partial charge in [-0.25, -0.2) is 18.0 Å². The maximum absolute atomic E-state index is 12.0. The molecule has 0 unspecified atom stereocenters. The van der Waals surface area contributed by atoms with E-state index in [1.807, 2.05) is 4.83 Å². The number of carbonyl (C=O) groups excluding carboxylic acids is 2. The fourth-order valence-corrected chi connectivity index (χ4v) is 2.42. The molecule has 0 radical (unpaired) electrons. The molecule has 8 nitrogen and oxygen atoms in total. The predicted molar refractivity (Wildman–Crippen MR) is 86.3 cm³/mol. The van der Waals surface area contributed by atoms with Crippen LogP contribution in [0.2, 0.25) is 5.02 Å². The first-order valence-corrected chi connectivity index (χ1v) is 8.75. The molecule has 10 heteroatoms. The summed E-state index contributed by atoms with van der Waals surface area (Å²) in [6.45, 7) is 3.23. The van der Waals surface area contributed by atoms with Gasteiger partial charge in [-0.15, -0.1) is 4.83 Å². The largest absolute Gasteiger partial charge is 0.462 e. The Hall–Kier alpha value is -2.10. The number of carbonyl (C=O) groups is 2. The molecule has 132 valence electrons. The van der Waals surface area contributed by atoms with Crippen LogP contribution in [0.1, 0.15) is 13.8 Å². The highest BCUT2D eigenvalue weighted by Crippen LogP contribution is 2.13. The Morgan fingerprint density at radius 3 is 2.04 bits per heavy atom. The van der Waals surface area contributed by atoms with Crippen LogP contribution in [0.4, 0.5) is 0 Å². The molecule has 0 spiro atoms. The number of benzene rings is 1. The van der Waals surface area contributed by atoms with Crippen LogP contribution in [0.3, 0.4) is 0 Å². The molecule has 0 atom stereocenters. The van der Waals surface area contributed by atoms with Crippen LogP contribution in [0.5, 0.6) is 0 Å². The molecule has 0 saturated heterocycles. The Labute approximate surface area is 144 Å². The second-order valence-electron chi connectivity index (χ2n) is 4.20. The van der Waals surface area contributed by atoms with Gasteiger partial charge in [-0.05, 0) is 38.1 Å². The third-order valence-electron chi connectivity index (χ3n) is 2.52. The zero-order chi connectivity index (χ0) is 18.2. The van der Waals surface area contributed by atoms with E-state index in [1.54, 1.807) is 13.8 Å². The van der Waals surface area contributed by atoms with Gasteiger partial charge >= 0.3 is 11.9 Å². The second kappa shape index (κ2) is 9.26. The summed E-state index contributed by atoms with van der Waals surface area (Å²) >= 11 is 5.69. The minimum Gasteiger partial charge on any atom is -0.462 e. The molecule has 1 aromatic carbocycles. The molecule has 1 aromatic rings. The molecular formula is C14H17ClN2O6S. The van der Waals surface area contributed by atoms with Crippen molar-refractivity contribution in [1.29, 1.82) is 0 Å². The van der Waals surface area contributed by atoms with Crippen LogP contribution in [0.15, 0.2) is 40.9 Å². The number of hydrazine groups is 1. The number of sulfonamides is 1. The van der Waals surface area contributed by atoms with Gasteiger partial charge in [0, 0.05) is 11.2 Å². The molecule has 0 aromatic heterocycles. The van der Waals surface area contributed by atoms with E-state index in [0.717, 1.165) is 6.20 Å². The summed E-state index contributed by atoms with van der Waals surface area (Å²) in [7, 11) is -3.92. The van der Waals surface area contributed by atoms with Crippen molar-refractivity contribution in [3.63, 3.8) is 0 Å². The molecule has 0 amide bonds. The van der Waals surface area contributed by atoms with Gasteiger partial charge in [0.1, 0.15) is 0 Å². The van der Waals surface area contributed by atoms with Gasteiger partial charge in [0.05, 0.1) is 18.1 Å². The zero-order valence-electron chi connectivity index (χ0n) is 13.0. The fourth-order valence-electron chi connectivity index (χ4n) is 1.47. The first kappa shape index (κ1) is 19.9. The molecule has 0 aliphatic rings. The number of hydrogen-bond donors (Lipinski definition) is 2. The summed E-state index contributed by atoms with van der Waals surface area (Å²) in [5.74, 6) is -1.87. The highest BCUT2D eigenvalue weighted by molar-refractivity contribution is 7.89. The van der Waals surface area contributed by atoms with E-state index >= 15 is 0 Å². The lowest BCUT2D eigenvalue weighted by Gasteiger charge is -2.09. The lowest BCUT2D eigenvalue weighted by molar-refractivity contribution is -0.146. The van der Waals surface area contributed by atoms with Gasteiger partial charge in [-0.3, -0.25) is 0 Å². The van der Waals surface area contributed by atoms with E-state index in [1.165, 1.54) is 24.3 Å². The van der Waals surface area contributed by atoms with Crippen molar-refractivity contribution in [3.05, 3.63) is 41.1 Å². The first-order valence-electron chi connectivity index (χ1n) is 6.89. The van der Waals surface area contributed by atoms with Crippen molar-refractivity contribution in [1.82, 2.24) is 10.3 Å². The molecule has 24 heavy (non-hydrogen) atoms. The Kier molecular flexibility index (Phi) is 7.69. The smallest absolute Gasteiger partial charge is 0.347 e. The lowest BCUT2D eigenvalue weighted by atomic mass is 10.3. The molecular weight excluding hydrogens is 360 g/mol. The molecule has 1 rings (SSSR count). The molecule has 0 heterocycles. The van der Waals surface area contributed by atoms with Gasteiger partial charge in [-0.1, -0.05) is 11.6 Å². The van der Waals surface area contributed by atoms with Crippen molar-refractivity contribution in [2.45, 2.75) is 18.7 Å². The Balaban J connectivity index is 2.87. The van der Waals surface area contributed by atoms with E-state index in [-0.39, 0.29) is 18.1 Å². The van der Waals surface area contributed by atoms with E-state index in [4.69, 9.17) is 21.1 Å². The Morgan fingerprint density at radius 2 is 1.58 bits per heavy atom. The van der Waals surface area contributed by atoms with Gasteiger partial charge < -0.3 is 14.9 Å². The van der Waals surface area contributed by atoms with Crippen molar-refractivity contribution in [2.75, 3.05) is 13.2 Å². The zero-order valence-corrected chi connectivity index (χ0v) is 14.6. The van der Waals surface area contributed by atoms with Crippen LogP contribution >= 0.6 is 11.6 Å². The Bertz CT molecular complexity index is 695. The van der Waals surface area contributed by atoms with Gasteiger partial charge in [0.2, 0.25) is 0 Å². The minimum atomic E-state index is -3.92. The Morgan fingerprint density at radius 1 is 1.08 bits per heavy atom. The summed E-state index contributed by atoms with van der Waals surface area (Å²) in [5, 5.41) is 0.383. The summed E-state index contributed by atoms with van der Waals surface area (Å²) in [4.78, 5) is 25.4. The topological polar surface area (TPSA) is 111 Å². The van der Waals surface area contributed by atoms with E-state index in [9.17, 15) is 18.0 Å². The predicted octanol–water partition coefficient (Wildman–Crippen LogP) is 1.13. The number of esters is 2. The molecule has 0 bridgehead atoms. The molecule has 0 saturated carbocycles. The first-order chi connectivity index (χ1) is 11.3. The molecule has 0 aliphatic heterocycles. The van der Waals surface area contributed by atoms with Crippen LogP contribution in [0.25, 0.3) is 0 Å². The van der Waals surface area contributed by atoms with Crippen LogP contribution in [-0.4, -0.2) is 33.6 Å². The average molecular weight is 377 g/mol. The average Bonchev–Trinajstić information content (AvgIpc) is 2.52. The summed E-state index contributed by atoms with van der Waals surface area (Å²) in [6, 6.07) is 5.42. The summed E-state index contributed by atoms with van der Waals surface area (Å²) < 4.78 is 33.5. The SMILES string of the molecule is CCOC(=O)C(=CNNS(=O)(=O)c1ccc(Cl)cc1)C(=O)OCC. The third-order valence-corrected chi connectivity index (χ3v) is 4.06. The van der Waals surface area contributed by atoms with Crippen LogP contribution in [0, 0.1) is 0 Å². The quantitative estimate of drug-likeness (QED) is 0.230. The maximum Gasteiger partial charge on any atom is 0.347 e. The highest BCUT2D eigenvalue weighted by atomic mass is 35.5. The summed E-state index contributed by atoms with van der Waals surface area (Å²) in [6.07, 6.45) is 0.865. The van der Waals surface area contributed by atoms with Crippen LogP contribution in [-0.2, 0) is 29.1 Å². The third kappa shape index (κ3) is 5.84. The number of nitrogens with one attached hydrogen (secondary N) is 2. The fraction of sp³-hybridized carbons (Fsp3) is 0.286. The summed E-state index contributed by atoms with van der Waals surface area (Å²) in [5.41, 5.74) is 1.71. The van der Waals surface area contributed by atoms with Gasteiger partial charge in [0.25, 0.3) is 10.0 Å². The lowest BCUT2D eigenvalue weighted by Crippen LogP contribution is -2.35. The molecule has 0 fully saturated rings. The van der Waals surface area contributed by atoms with E-state index in [2.05, 4.69) is 5.43 Å². The van der Waals surface area contributed by atoms with Crippen LogP contribution < -0.4 is 10.3 Å². The van der Waals surface area contributed by atoms with Gasteiger partial charge in [0.15, 0.2) is 5.57 Å². The molecule has 2 N–H and O–H groups in total.